The van der Waals surface area contributed by atoms with Crippen molar-refractivity contribution in [2.75, 3.05) is 12.8 Å². The molecule has 0 spiro atoms. The lowest BCUT2D eigenvalue weighted by Gasteiger charge is -2.10. The third-order valence-corrected chi connectivity index (χ3v) is 3.66. The van der Waals surface area contributed by atoms with Gasteiger partial charge in [0.15, 0.2) is 0 Å². The molecule has 0 saturated heterocycles. The van der Waals surface area contributed by atoms with Crippen molar-refractivity contribution in [1.82, 2.24) is 0 Å². The second kappa shape index (κ2) is 6.83. The molecular weight excluding hydrogens is 358 g/mol. The van der Waals surface area contributed by atoms with Gasteiger partial charge in [-0.15, -0.1) is 0 Å². The molecule has 0 amide bonds. The average Bonchev–Trinajstić information content (AvgIpc) is 2.47. The lowest BCUT2D eigenvalue weighted by Crippen LogP contribution is -2.06. The monoisotopic (exact) mass is 369 g/mol. The van der Waals surface area contributed by atoms with Gasteiger partial charge >= 0.3 is 5.97 Å². The van der Waals surface area contributed by atoms with E-state index in [4.69, 9.17) is 26.8 Å². The fourth-order valence-electron chi connectivity index (χ4n) is 1.74. The van der Waals surface area contributed by atoms with Gasteiger partial charge in [-0.3, -0.25) is 0 Å². The Morgan fingerprint density at radius 2 is 2.05 bits per heavy atom. The molecule has 0 unspecified atom stereocenters. The van der Waals surface area contributed by atoms with Crippen molar-refractivity contribution in [3.05, 3.63) is 57.0 Å². The molecule has 0 bridgehead atoms. The van der Waals surface area contributed by atoms with Gasteiger partial charge in [0.2, 0.25) is 0 Å². The van der Waals surface area contributed by atoms with Gasteiger partial charge in [-0.1, -0.05) is 27.5 Å². The molecule has 2 aromatic rings. The molecule has 2 aromatic carbocycles. The number of ether oxygens (including phenoxy) is 2. The molecule has 0 aliphatic rings. The van der Waals surface area contributed by atoms with Crippen LogP contribution >= 0.6 is 27.5 Å². The van der Waals surface area contributed by atoms with Gasteiger partial charge in [-0.2, -0.15) is 0 Å². The van der Waals surface area contributed by atoms with Gasteiger partial charge in [0.05, 0.1) is 23.4 Å². The lowest BCUT2D eigenvalue weighted by atomic mass is 10.2. The van der Waals surface area contributed by atoms with E-state index in [-0.39, 0.29) is 6.61 Å². The summed E-state index contributed by atoms with van der Waals surface area (Å²) in [4.78, 5) is 12.0. The minimum atomic E-state index is -0.473. The van der Waals surface area contributed by atoms with E-state index in [2.05, 4.69) is 15.9 Å². The Bertz CT molecular complexity index is 676. The number of rotatable bonds is 4. The van der Waals surface area contributed by atoms with Crippen molar-refractivity contribution < 1.29 is 14.3 Å². The topological polar surface area (TPSA) is 61.5 Å². The lowest BCUT2D eigenvalue weighted by molar-refractivity contribution is 0.0470. The Morgan fingerprint density at radius 1 is 1.29 bits per heavy atom. The first-order valence-corrected chi connectivity index (χ1v) is 7.23. The number of carbonyl (C=O) groups excluding carboxylic acids is 1. The van der Waals surface area contributed by atoms with Crippen LogP contribution in [0.4, 0.5) is 5.69 Å². The summed E-state index contributed by atoms with van der Waals surface area (Å²) in [6.45, 7) is 0.101. The summed E-state index contributed by atoms with van der Waals surface area (Å²) in [5, 5.41) is 0.324. The van der Waals surface area contributed by atoms with Gasteiger partial charge in [-0.05, 0) is 36.4 Å². The highest BCUT2D eigenvalue weighted by molar-refractivity contribution is 9.10. The predicted octanol–water partition coefficient (Wildman–Crippen LogP) is 4.05. The first kappa shape index (κ1) is 15.7. The van der Waals surface area contributed by atoms with E-state index in [1.807, 2.05) is 12.1 Å². The van der Waals surface area contributed by atoms with E-state index >= 15 is 0 Å². The van der Waals surface area contributed by atoms with Crippen molar-refractivity contribution in [1.29, 1.82) is 0 Å². The van der Waals surface area contributed by atoms with Crippen LogP contribution in [-0.4, -0.2) is 13.1 Å². The third-order valence-electron chi connectivity index (χ3n) is 2.84. The maximum atomic E-state index is 12.0. The van der Waals surface area contributed by atoms with Gasteiger partial charge in [0, 0.05) is 10.0 Å². The number of hydrogen-bond donors (Lipinski definition) is 1. The molecule has 0 aliphatic heterocycles. The Labute approximate surface area is 135 Å². The first-order valence-electron chi connectivity index (χ1n) is 6.06. The minimum absolute atomic E-state index is 0.101. The summed E-state index contributed by atoms with van der Waals surface area (Å²) in [5.74, 6) is 0.181. The number of nitrogens with two attached hydrogens (primary N) is 1. The molecule has 0 saturated carbocycles. The number of anilines is 1. The van der Waals surface area contributed by atoms with E-state index in [0.717, 1.165) is 10.0 Å². The highest BCUT2D eigenvalue weighted by Crippen LogP contribution is 2.24. The minimum Gasteiger partial charge on any atom is -0.496 e. The number of hydrogen-bond acceptors (Lipinski definition) is 4. The summed E-state index contributed by atoms with van der Waals surface area (Å²) in [6.07, 6.45) is 0. The number of carbonyl (C=O) groups is 1. The van der Waals surface area contributed by atoms with Crippen LogP contribution in [0.15, 0.2) is 40.9 Å². The van der Waals surface area contributed by atoms with Gasteiger partial charge < -0.3 is 15.2 Å². The summed E-state index contributed by atoms with van der Waals surface area (Å²) in [6, 6.07) is 10.1. The van der Waals surface area contributed by atoms with Crippen LogP contribution in [0.25, 0.3) is 0 Å². The standard InChI is InChI=1S/C15H13BrClNO3/c1-20-14-5-3-11(16)6-10(14)8-21-15(19)9-2-4-13(18)12(17)7-9/h2-7H,8,18H2,1H3. The maximum Gasteiger partial charge on any atom is 0.338 e. The van der Waals surface area contributed by atoms with Crippen LogP contribution in [-0.2, 0) is 11.3 Å². The Morgan fingerprint density at radius 3 is 2.71 bits per heavy atom. The van der Waals surface area contributed by atoms with Crippen molar-refractivity contribution in [3.8, 4) is 5.75 Å². The number of benzene rings is 2. The molecular formula is C15H13BrClNO3. The van der Waals surface area contributed by atoms with Crippen molar-refractivity contribution in [2.24, 2.45) is 0 Å². The van der Waals surface area contributed by atoms with Gasteiger partial charge in [0.1, 0.15) is 12.4 Å². The molecule has 0 aliphatic carbocycles. The van der Waals surface area contributed by atoms with Crippen LogP contribution in [0.1, 0.15) is 15.9 Å². The molecule has 110 valence electrons. The summed E-state index contributed by atoms with van der Waals surface area (Å²) in [5.41, 5.74) is 7.14. The summed E-state index contributed by atoms with van der Waals surface area (Å²) in [7, 11) is 1.56. The molecule has 0 radical (unpaired) electrons. The van der Waals surface area contributed by atoms with Gasteiger partial charge in [0.25, 0.3) is 0 Å². The van der Waals surface area contributed by atoms with Crippen molar-refractivity contribution in [2.45, 2.75) is 6.61 Å². The van der Waals surface area contributed by atoms with Crippen LogP contribution in [0.2, 0.25) is 5.02 Å². The number of nitrogen functional groups attached to an aromatic ring is 1. The smallest absolute Gasteiger partial charge is 0.338 e. The highest BCUT2D eigenvalue weighted by Gasteiger charge is 2.11. The number of halogens is 2. The van der Waals surface area contributed by atoms with Crippen molar-refractivity contribution in [3.63, 3.8) is 0 Å². The van der Waals surface area contributed by atoms with E-state index in [1.165, 1.54) is 6.07 Å². The van der Waals surface area contributed by atoms with E-state index in [9.17, 15) is 4.79 Å². The first-order chi connectivity index (χ1) is 10.0. The number of methoxy groups -OCH3 is 1. The molecule has 2 rings (SSSR count). The second-order valence-corrected chi connectivity index (χ2v) is 5.59. The largest absolute Gasteiger partial charge is 0.496 e. The van der Waals surface area contributed by atoms with E-state index in [1.54, 1.807) is 25.3 Å². The molecule has 0 heterocycles. The Hall–Kier alpha value is -1.72. The fraction of sp³-hybridized carbons (Fsp3) is 0.133. The molecule has 0 aromatic heterocycles. The zero-order valence-electron chi connectivity index (χ0n) is 11.2. The zero-order chi connectivity index (χ0) is 15.4. The van der Waals surface area contributed by atoms with Crippen LogP contribution in [0.5, 0.6) is 5.75 Å². The van der Waals surface area contributed by atoms with Gasteiger partial charge in [-0.25, -0.2) is 4.79 Å². The van der Waals surface area contributed by atoms with E-state index in [0.29, 0.717) is 22.0 Å². The second-order valence-electron chi connectivity index (χ2n) is 4.27. The normalized spacial score (nSPS) is 10.2. The third kappa shape index (κ3) is 3.89. The number of esters is 1. The maximum absolute atomic E-state index is 12.0. The molecule has 4 nitrogen and oxygen atoms in total. The van der Waals surface area contributed by atoms with Crippen LogP contribution in [0, 0.1) is 0 Å². The Kier molecular flexibility index (Phi) is 5.09. The molecule has 2 N–H and O–H groups in total. The summed E-state index contributed by atoms with van der Waals surface area (Å²) >= 11 is 9.25. The fourth-order valence-corrected chi connectivity index (χ4v) is 2.33. The van der Waals surface area contributed by atoms with Crippen LogP contribution in [0.3, 0.4) is 0 Å². The quantitative estimate of drug-likeness (QED) is 0.651. The van der Waals surface area contributed by atoms with Crippen LogP contribution < -0.4 is 10.5 Å². The predicted molar refractivity (Wildman–Crippen MR) is 85.7 cm³/mol. The molecule has 0 fully saturated rings. The molecule has 21 heavy (non-hydrogen) atoms. The zero-order valence-corrected chi connectivity index (χ0v) is 13.6. The van der Waals surface area contributed by atoms with E-state index < -0.39 is 5.97 Å². The Balaban J connectivity index is 2.10. The SMILES string of the molecule is COc1ccc(Br)cc1COC(=O)c1ccc(N)c(Cl)c1. The summed E-state index contributed by atoms with van der Waals surface area (Å²) < 4.78 is 11.4. The molecule has 0 atom stereocenters. The average molecular weight is 371 g/mol. The van der Waals surface area contributed by atoms with Crippen molar-refractivity contribution >= 4 is 39.2 Å². The molecule has 6 heteroatoms. The highest BCUT2D eigenvalue weighted by atomic mass is 79.9.